The first kappa shape index (κ1) is 10.7. The molecule has 72 valence electrons. The molecule has 0 bridgehead atoms. The van der Waals surface area contributed by atoms with Crippen LogP contribution in [0.3, 0.4) is 0 Å². The van der Waals surface area contributed by atoms with E-state index in [2.05, 4.69) is 25.1 Å². The van der Waals surface area contributed by atoms with Crippen molar-refractivity contribution in [3.8, 4) is 5.75 Å². The van der Waals surface area contributed by atoms with Crippen LogP contribution in [0.4, 0.5) is 0 Å². The average Bonchev–Trinajstić information content (AvgIpc) is 2.09. The Morgan fingerprint density at radius 1 is 1.62 bits per heavy atom. The number of pyridine rings is 1. The number of alkyl halides is 1. The molecular formula is C6H5BrClNO3S. The van der Waals surface area contributed by atoms with Gasteiger partial charge in [0.05, 0.1) is 0 Å². The second kappa shape index (κ2) is 4.26. The molecular weight excluding hydrogens is 281 g/mol. The Bertz CT molecular complexity index is 395. The lowest BCUT2D eigenvalue weighted by Crippen LogP contribution is -2.10. The van der Waals surface area contributed by atoms with Crippen molar-refractivity contribution < 1.29 is 12.6 Å². The van der Waals surface area contributed by atoms with E-state index in [0.717, 1.165) is 0 Å². The predicted octanol–water partition coefficient (Wildman–Crippen LogP) is 1.80. The van der Waals surface area contributed by atoms with Crippen LogP contribution in [-0.4, -0.2) is 18.1 Å². The molecule has 0 aromatic carbocycles. The first-order valence-corrected chi connectivity index (χ1v) is 6.21. The molecule has 0 amide bonds. The molecule has 0 N–H and O–H groups in total. The highest BCUT2D eigenvalue weighted by atomic mass is 79.9. The van der Waals surface area contributed by atoms with E-state index in [1.54, 1.807) is 0 Å². The van der Waals surface area contributed by atoms with Crippen molar-refractivity contribution in [2.45, 2.75) is 0 Å². The summed E-state index contributed by atoms with van der Waals surface area (Å²) in [5.74, 6) is 0.0311. The topological polar surface area (TPSA) is 56.3 Å². The van der Waals surface area contributed by atoms with Crippen LogP contribution in [0.2, 0.25) is 5.15 Å². The number of hydrogen-bond donors (Lipinski definition) is 0. The minimum Gasteiger partial charge on any atom is -0.379 e. The summed E-state index contributed by atoms with van der Waals surface area (Å²) < 4.78 is 26.3. The lowest BCUT2D eigenvalue weighted by atomic mass is 10.5. The Morgan fingerprint density at radius 2 is 2.31 bits per heavy atom. The van der Waals surface area contributed by atoms with E-state index in [-0.39, 0.29) is 15.6 Å². The summed E-state index contributed by atoms with van der Waals surface area (Å²) in [5, 5.41) is 0.0204. The molecule has 1 heterocycles. The summed E-state index contributed by atoms with van der Waals surface area (Å²) in [6.45, 7) is 0. The van der Waals surface area contributed by atoms with Crippen LogP contribution in [0, 0.1) is 0 Å². The van der Waals surface area contributed by atoms with E-state index in [1.807, 2.05) is 0 Å². The van der Waals surface area contributed by atoms with Gasteiger partial charge in [0.25, 0.3) is 0 Å². The second-order valence-electron chi connectivity index (χ2n) is 2.04. The summed E-state index contributed by atoms with van der Waals surface area (Å²) in [4.78, 5) is 3.66. The van der Waals surface area contributed by atoms with Gasteiger partial charge in [0.2, 0.25) is 0 Å². The molecule has 1 aromatic heterocycles. The van der Waals surface area contributed by atoms with Gasteiger partial charge >= 0.3 is 10.1 Å². The number of hydrogen-bond acceptors (Lipinski definition) is 4. The molecule has 1 aromatic rings. The highest BCUT2D eigenvalue weighted by Crippen LogP contribution is 2.22. The molecule has 1 rings (SSSR count). The van der Waals surface area contributed by atoms with Crippen LogP contribution in [0.1, 0.15) is 0 Å². The fraction of sp³-hybridized carbons (Fsp3) is 0.167. The van der Waals surface area contributed by atoms with Gasteiger partial charge in [-0.2, -0.15) is 8.42 Å². The van der Waals surface area contributed by atoms with Crippen molar-refractivity contribution in [1.29, 1.82) is 0 Å². The van der Waals surface area contributed by atoms with Gasteiger partial charge in [0, 0.05) is 6.20 Å². The molecule has 4 nitrogen and oxygen atoms in total. The highest BCUT2D eigenvalue weighted by molar-refractivity contribution is 9.10. The first-order valence-electron chi connectivity index (χ1n) is 3.14. The van der Waals surface area contributed by atoms with Gasteiger partial charge in [-0.1, -0.05) is 27.5 Å². The molecule has 7 heteroatoms. The monoisotopic (exact) mass is 285 g/mol. The third-order valence-electron chi connectivity index (χ3n) is 1.08. The average molecular weight is 287 g/mol. The Kier molecular flexibility index (Phi) is 3.52. The first-order chi connectivity index (χ1) is 6.05. The maximum atomic E-state index is 11.0. The Morgan fingerprint density at radius 3 is 2.85 bits per heavy atom. The van der Waals surface area contributed by atoms with Gasteiger partial charge in [-0.25, -0.2) is 4.98 Å². The van der Waals surface area contributed by atoms with E-state index in [4.69, 9.17) is 11.6 Å². The van der Waals surface area contributed by atoms with Gasteiger partial charge in [0.15, 0.2) is 10.9 Å². The molecule has 0 radical (unpaired) electrons. The van der Waals surface area contributed by atoms with Crippen LogP contribution in [0.15, 0.2) is 18.3 Å². The lowest BCUT2D eigenvalue weighted by Gasteiger charge is -2.04. The molecule has 0 aliphatic carbocycles. The van der Waals surface area contributed by atoms with E-state index >= 15 is 0 Å². The van der Waals surface area contributed by atoms with Crippen molar-refractivity contribution in [3.05, 3.63) is 23.5 Å². The van der Waals surface area contributed by atoms with E-state index in [0.29, 0.717) is 0 Å². The fourth-order valence-electron chi connectivity index (χ4n) is 0.593. The molecule has 0 unspecified atom stereocenters. The highest BCUT2D eigenvalue weighted by Gasteiger charge is 2.12. The number of halogens is 2. The largest absolute Gasteiger partial charge is 0.379 e. The molecule has 0 spiro atoms. The zero-order valence-corrected chi connectivity index (χ0v) is 9.43. The molecule has 0 saturated heterocycles. The minimum absolute atomic E-state index is 0.0204. The van der Waals surface area contributed by atoms with Crippen molar-refractivity contribution in [1.82, 2.24) is 4.98 Å². The quantitative estimate of drug-likeness (QED) is 0.483. The van der Waals surface area contributed by atoms with E-state index in [9.17, 15) is 8.42 Å². The van der Waals surface area contributed by atoms with Crippen molar-refractivity contribution >= 4 is 37.6 Å². The molecule has 0 atom stereocenters. The van der Waals surface area contributed by atoms with Crippen molar-refractivity contribution in [3.63, 3.8) is 0 Å². The van der Waals surface area contributed by atoms with Gasteiger partial charge in [-0.05, 0) is 12.1 Å². The molecule has 0 saturated carbocycles. The standard InChI is InChI=1S/C6H5BrClNO3S/c7-4-13(10,11)12-5-2-1-3-9-6(5)8/h1-3H,4H2. The smallest absolute Gasteiger partial charge is 0.319 e. The third-order valence-corrected chi connectivity index (χ3v) is 3.74. The van der Waals surface area contributed by atoms with Gasteiger partial charge in [0.1, 0.15) is 4.66 Å². The Hall–Kier alpha value is -0.330. The summed E-state index contributed by atoms with van der Waals surface area (Å²) in [5.41, 5.74) is 0. The van der Waals surface area contributed by atoms with Crippen LogP contribution in [0.25, 0.3) is 0 Å². The SMILES string of the molecule is O=S(=O)(CBr)Oc1cccnc1Cl. The molecule has 0 aliphatic rings. The van der Waals surface area contributed by atoms with E-state index < -0.39 is 10.1 Å². The summed E-state index contributed by atoms with van der Waals surface area (Å²) in [6, 6.07) is 2.96. The maximum Gasteiger partial charge on any atom is 0.319 e. The molecule has 0 aliphatic heterocycles. The van der Waals surface area contributed by atoms with Crippen molar-refractivity contribution in [2.75, 3.05) is 4.66 Å². The normalized spacial score (nSPS) is 11.2. The fourth-order valence-corrected chi connectivity index (χ4v) is 1.53. The zero-order valence-electron chi connectivity index (χ0n) is 6.28. The van der Waals surface area contributed by atoms with Crippen LogP contribution >= 0.6 is 27.5 Å². The molecule has 13 heavy (non-hydrogen) atoms. The predicted molar refractivity (Wildman–Crippen MR) is 52.6 cm³/mol. The van der Waals surface area contributed by atoms with Crippen LogP contribution in [-0.2, 0) is 10.1 Å². The Labute approximate surface area is 89.1 Å². The lowest BCUT2D eigenvalue weighted by molar-refractivity contribution is 0.491. The summed E-state index contributed by atoms with van der Waals surface area (Å²) >= 11 is 8.35. The number of nitrogens with zero attached hydrogens (tertiary/aromatic N) is 1. The molecule has 0 fully saturated rings. The third kappa shape index (κ3) is 3.13. The summed E-state index contributed by atoms with van der Waals surface area (Å²) in [7, 11) is -3.60. The van der Waals surface area contributed by atoms with Gasteiger partial charge in [-0.15, -0.1) is 0 Å². The van der Waals surface area contributed by atoms with Crippen molar-refractivity contribution in [2.24, 2.45) is 0 Å². The zero-order chi connectivity index (χ0) is 9.90. The Balaban J connectivity index is 2.93. The van der Waals surface area contributed by atoms with Crippen LogP contribution in [0.5, 0.6) is 5.75 Å². The van der Waals surface area contributed by atoms with Crippen LogP contribution < -0.4 is 4.18 Å². The minimum atomic E-state index is -3.60. The second-order valence-corrected chi connectivity index (χ2v) is 5.27. The van der Waals surface area contributed by atoms with E-state index in [1.165, 1.54) is 18.3 Å². The maximum absolute atomic E-state index is 11.0. The van der Waals surface area contributed by atoms with Gasteiger partial charge < -0.3 is 4.18 Å². The number of rotatable bonds is 3. The number of aromatic nitrogens is 1. The summed E-state index contributed by atoms with van der Waals surface area (Å²) in [6.07, 6.45) is 1.44. The van der Waals surface area contributed by atoms with Gasteiger partial charge in [-0.3, -0.25) is 0 Å².